The van der Waals surface area contributed by atoms with Crippen molar-refractivity contribution >= 4 is 21.9 Å². The summed E-state index contributed by atoms with van der Waals surface area (Å²) >= 11 is 0. The second kappa shape index (κ2) is 9.32. The molecule has 2 rings (SSSR count). The standard InChI is InChI=1S/C19H28N2O5S/c1-3-14(2)18(19(23)24)20-17(22)13-15-7-9-16(10-8-15)27(25,26)21-11-5-4-6-12-21/h7-10,14,18H,3-6,11-13H2,1-2H3,(H,20,22)(H,23,24). The number of carboxylic acids is 1. The first-order valence-corrected chi connectivity index (χ1v) is 10.8. The summed E-state index contributed by atoms with van der Waals surface area (Å²) < 4.78 is 26.8. The van der Waals surface area contributed by atoms with E-state index in [4.69, 9.17) is 0 Å². The zero-order chi connectivity index (χ0) is 20.0. The highest BCUT2D eigenvalue weighted by molar-refractivity contribution is 7.89. The summed E-state index contributed by atoms with van der Waals surface area (Å²) in [6.45, 7) is 4.73. The van der Waals surface area contributed by atoms with Gasteiger partial charge in [0.2, 0.25) is 15.9 Å². The van der Waals surface area contributed by atoms with Gasteiger partial charge in [-0.1, -0.05) is 38.8 Å². The normalized spacial score (nSPS) is 17.9. The van der Waals surface area contributed by atoms with Crippen molar-refractivity contribution in [2.24, 2.45) is 5.92 Å². The fraction of sp³-hybridized carbons (Fsp3) is 0.579. The van der Waals surface area contributed by atoms with E-state index >= 15 is 0 Å². The average molecular weight is 397 g/mol. The molecule has 2 atom stereocenters. The van der Waals surface area contributed by atoms with Crippen molar-refractivity contribution < 1.29 is 23.1 Å². The van der Waals surface area contributed by atoms with Gasteiger partial charge in [0.25, 0.3) is 0 Å². The van der Waals surface area contributed by atoms with Crippen molar-refractivity contribution in [3.63, 3.8) is 0 Å². The lowest BCUT2D eigenvalue weighted by Gasteiger charge is -2.25. The predicted molar refractivity (Wildman–Crippen MR) is 102 cm³/mol. The Morgan fingerprint density at radius 1 is 1.15 bits per heavy atom. The fourth-order valence-electron chi connectivity index (χ4n) is 3.13. The van der Waals surface area contributed by atoms with Crippen LogP contribution in [-0.2, 0) is 26.0 Å². The van der Waals surface area contributed by atoms with Gasteiger partial charge in [0.1, 0.15) is 6.04 Å². The van der Waals surface area contributed by atoms with Crippen LogP contribution in [0.15, 0.2) is 29.2 Å². The monoisotopic (exact) mass is 396 g/mol. The van der Waals surface area contributed by atoms with Crippen molar-refractivity contribution in [2.75, 3.05) is 13.1 Å². The molecule has 150 valence electrons. The number of aliphatic carboxylic acids is 1. The van der Waals surface area contributed by atoms with E-state index in [1.54, 1.807) is 19.1 Å². The molecule has 8 heteroatoms. The molecule has 1 saturated heterocycles. The fourth-order valence-corrected chi connectivity index (χ4v) is 4.64. The molecule has 0 bridgehead atoms. The number of sulfonamides is 1. The Morgan fingerprint density at radius 2 is 1.74 bits per heavy atom. The smallest absolute Gasteiger partial charge is 0.326 e. The van der Waals surface area contributed by atoms with Crippen LogP contribution in [0.25, 0.3) is 0 Å². The van der Waals surface area contributed by atoms with Gasteiger partial charge in [-0.25, -0.2) is 13.2 Å². The maximum absolute atomic E-state index is 12.6. The number of nitrogens with one attached hydrogen (secondary N) is 1. The maximum atomic E-state index is 12.6. The summed E-state index contributed by atoms with van der Waals surface area (Å²) in [6, 6.07) is 5.30. The third kappa shape index (κ3) is 5.52. The lowest BCUT2D eigenvalue weighted by molar-refractivity contribution is -0.143. The van der Waals surface area contributed by atoms with Crippen molar-refractivity contribution in [1.82, 2.24) is 9.62 Å². The van der Waals surface area contributed by atoms with Gasteiger partial charge < -0.3 is 10.4 Å². The van der Waals surface area contributed by atoms with Gasteiger partial charge >= 0.3 is 5.97 Å². The molecule has 0 saturated carbocycles. The SMILES string of the molecule is CCC(C)C(NC(=O)Cc1ccc(S(=O)(=O)N2CCCCC2)cc1)C(=O)O. The Morgan fingerprint density at radius 3 is 2.26 bits per heavy atom. The molecule has 1 fully saturated rings. The molecule has 1 aromatic carbocycles. The summed E-state index contributed by atoms with van der Waals surface area (Å²) in [7, 11) is -3.50. The topological polar surface area (TPSA) is 104 Å². The van der Waals surface area contributed by atoms with Crippen LogP contribution in [0.4, 0.5) is 0 Å². The highest BCUT2D eigenvalue weighted by atomic mass is 32.2. The van der Waals surface area contributed by atoms with E-state index in [1.807, 2.05) is 6.92 Å². The van der Waals surface area contributed by atoms with E-state index < -0.39 is 27.9 Å². The number of carboxylic acid groups (broad SMARTS) is 1. The molecule has 0 aliphatic carbocycles. The van der Waals surface area contributed by atoms with Crippen molar-refractivity contribution in [1.29, 1.82) is 0 Å². The zero-order valence-corrected chi connectivity index (χ0v) is 16.7. The van der Waals surface area contributed by atoms with Crippen LogP contribution in [0.2, 0.25) is 0 Å². The highest BCUT2D eigenvalue weighted by Gasteiger charge is 2.27. The molecule has 27 heavy (non-hydrogen) atoms. The quantitative estimate of drug-likeness (QED) is 0.700. The molecule has 1 aliphatic rings. The van der Waals surface area contributed by atoms with Crippen molar-refractivity contribution in [3.8, 4) is 0 Å². The molecule has 2 N–H and O–H groups in total. The maximum Gasteiger partial charge on any atom is 0.326 e. The minimum Gasteiger partial charge on any atom is -0.480 e. The van der Waals surface area contributed by atoms with Gasteiger partial charge in [0.05, 0.1) is 11.3 Å². The van der Waals surface area contributed by atoms with Gasteiger partial charge in [-0.15, -0.1) is 0 Å². The number of amides is 1. The van der Waals surface area contributed by atoms with Gasteiger partial charge in [-0.2, -0.15) is 4.31 Å². The Balaban J connectivity index is 2.02. The Hall–Kier alpha value is -1.93. The first kappa shape index (κ1) is 21.4. The molecule has 7 nitrogen and oxygen atoms in total. The van der Waals surface area contributed by atoms with E-state index in [0.717, 1.165) is 19.3 Å². The van der Waals surface area contributed by atoms with Crippen molar-refractivity contribution in [2.45, 2.75) is 56.9 Å². The number of carbonyl (C=O) groups is 2. The number of rotatable bonds is 8. The van der Waals surface area contributed by atoms with E-state index in [9.17, 15) is 23.1 Å². The molecular formula is C19H28N2O5S. The second-order valence-corrected chi connectivity index (χ2v) is 8.99. The predicted octanol–water partition coefficient (Wildman–Crippen LogP) is 2.02. The summed E-state index contributed by atoms with van der Waals surface area (Å²) in [4.78, 5) is 23.7. The van der Waals surface area contributed by atoms with E-state index in [0.29, 0.717) is 25.1 Å². The molecular weight excluding hydrogens is 368 g/mol. The van der Waals surface area contributed by atoms with Gasteiger partial charge in [0.15, 0.2) is 0 Å². The summed E-state index contributed by atoms with van der Waals surface area (Å²) in [6.07, 6.45) is 3.44. The number of hydrogen-bond donors (Lipinski definition) is 2. The Bertz CT molecular complexity index is 755. The Labute approximate surface area is 160 Å². The van der Waals surface area contributed by atoms with Gasteiger partial charge in [0, 0.05) is 13.1 Å². The molecule has 0 spiro atoms. The number of benzene rings is 1. The van der Waals surface area contributed by atoms with Crippen LogP contribution < -0.4 is 5.32 Å². The third-order valence-electron chi connectivity index (χ3n) is 5.04. The summed E-state index contributed by atoms with van der Waals surface area (Å²) in [5.74, 6) is -1.63. The van der Waals surface area contributed by atoms with Crippen LogP contribution in [0.5, 0.6) is 0 Å². The molecule has 1 aromatic rings. The first-order chi connectivity index (χ1) is 12.8. The van der Waals surface area contributed by atoms with Crippen LogP contribution >= 0.6 is 0 Å². The lowest BCUT2D eigenvalue weighted by atomic mass is 9.99. The summed E-state index contributed by atoms with van der Waals surface area (Å²) in [5, 5.41) is 11.8. The third-order valence-corrected chi connectivity index (χ3v) is 6.95. The van der Waals surface area contributed by atoms with Crippen LogP contribution in [0.1, 0.15) is 45.1 Å². The molecule has 2 unspecified atom stereocenters. The number of nitrogens with zero attached hydrogens (tertiary/aromatic N) is 1. The van der Waals surface area contributed by atoms with Gasteiger partial charge in [-0.3, -0.25) is 4.79 Å². The molecule has 0 aromatic heterocycles. The van der Waals surface area contributed by atoms with Crippen molar-refractivity contribution in [3.05, 3.63) is 29.8 Å². The van der Waals surface area contributed by atoms with E-state index in [1.165, 1.54) is 16.4 Å². The van der Waals surface area contributed by atoms with Gasteiger partial charge in [-0.05, 0) is 36.5 Å². The zero-order valence-electron chi connectivity index (χ0n) is 15.8. The largest absolute Gasteiger partial charge is 0.480 e. The number of piperidine rings is 1. The minimum atomic E-state index is -3.50. The molecule has 0 radical (unpaired) electrons. The second-order valence-electron chi connectivity index (χ2n) is 7.05. The van der Waals surface area contributed by atoms with Crippen LogP contribution in [0, 0.1) is 5.92 Å². The highest BCUT2D eigenvalue weighted by Crippen LogP contribution is 2.21. The summed E-state index contributed by atoms with van der Waals surface area (Å²) in [5.41, 5.74) is 0.637. The number of hydrogen-bond acceptors (Lipinski definition) is 4. The Kier molecular flexibility index (Phi) is 7.38. The number of carbonyl (C=O) groups excluding carboxylic acids is 1. The van der Waals surface area contributed by atoms with E-state index in [-0.39, 0.29) is 17.2 Å². The van der Waals surface area contributed by atoms with E-state index in [2.05, 4.69) is 5.32 Å². The first-order valence-electron chi connectivity index (χ1n) is 9.37. The molecule has 1 heterocycles. The molecule has 1 aliphatic heterocycles. The minimum absolute atomic E-state index is 0.00422. The van der Waals surface area contributed by atoms with Crippen LogP contribution in [-0.4, -0.2) is 48.8 Å². The molecule has 1 amide bonds. The average Bonchev–Trinajstić information content (AvgIpc) is 2.66. The van der Waals surface area contributed by atoms with Crippen LogP contribution in [0.3, 0.4) is 0 Å². The lowest BCUT2D eigenvalue weighted by Crippen LogP contribution is -2.45.